The quantitative estimate of drug-likeness (QED) is 0.460. The molecule has 236 valence electrons. The molecule has 44 heavy (non-hydrogen) atoms. The number of aliphatic carboxylic acids is 1. The van der Waals surface area contributed by atoms with Gasteiger partial charge in [0, 0.05) is 43.9 Å². The van der Waals surface area contributed by atoms with Gasteiger partial charge in [0.25, 0.3) is 0 Å². The number of nitrogens with zero attached hydrogens (tertiary/aromatic N) is 2. The predicted molar refractivity (Wildman–Crippen MR) is 161 cm³/mol. The van der Waals surface area contributed by atoms with Crippen molar-refractivity contribution < 1.29 is 38.5 Å². The van der Waals surface area contributed by atoms with Gasteiger partial charge in [-0.2, -0.15) is 0 Å². The molecule has 3 amide bonds. The maximum absolute atomic E-state index is 13.4. The summed E-state index contributed by atoms with van der Waals surface area (Å²) in [7, 11) is 0. The SMILES string of the molecule is CC(C)(C)OC(=O)N1CC2CN(C(=O)OC(C)(C)C)CC(C1)C2(NC(=O)OCC1c2ccccc2-c2ccccc21)C(=O)O. The zero-order valence-corrected chi connectivity index (χ0v) is 26.1. The summed E-state index contributed by atoms with van der Waals surface area (Å²) in [5.74, 6) is -3.19. The number of carbonyl (C=O) groups is 4. The van der Waals surface area contributed by atoms with Gasteiger partial charge in [0.1, 0.15) is 17.8 Å². The minimum absolute atomic E-state index is 0.0129. The third kappa shape index (κ3) is 6.05. The van der Waals surface area contributed by atoms with Crippen LogP contribution in [0.1, 0.15) is 58.6 Å². The molecule has 2 bridgehead atoms. The lowest BCUT2D eigenvalue weighted by atomic mass is 9.67. The zero-order chi connectivity index (χ0) is 32.0. The number of hydrogen-bond acceptors (Lipinski definition) is 7. The van der Waals surface area contributed by atoms with Gasteiger partial charge in [-0.15, -0.1) is 0 Å². The molecule has 5 rings (SSSR count). The standard InChI is InChI=1S/C33H41N3O8/c1-31(2,3)43-29(40)35-15-20-17-36(30(41)44-32(4,5)6)18-21(16-35)33(20,27(37)38)34-28(39)42-19-26-24-13-9-7-11-22(24)23-12-8-10-14-25(23)26/h7-14,20-21,26H,15-19H2,1-6H3,(H,34,39)(H,37,38). The van der Waals surface area contributed by atoms with E-state index in [0.717, 1.165) is 22.3 Å². The van der Waals surface area contributed by atoms with E-state index in [0.29, 0.717) is 0 Å². The Morgan fingerprint density at radius 1 is 0.773 bits per heavy atom. The van der Waals surface area contributed by atoms with Crippen molar-refractivity contribution in [2.45, 2.75) is 64.2 Å². The van der Waals surface area contributed by atoms with Crippen LogP contribution in [-0.2, 0) is 19.0 Å². The van der Waals surface area contributed by atoms with E-state index in [9.17, 15) is 24.3 Å². The van der Waals surface area contributed by atoms with Crippen LogP contribution in [0.5, 0.6) is 0 Å². The molecule has 3 aliphatic rings. The molecule has 0 spiro atoms. The van der Waals surface area contributed by atoms with Crippen LogP contribution in [0.2, 0.25) is 0 Å². The fourth-order valence-electron chi connectivity index (χ4n) is 6.60. The number of nitrogens with one attached hydrogen (secondary N) is 1. The first-order chi connectivity index (χ1) is 20.6. The molecule has 2 aromatic rings. The van der Waals surface area contributed by atoms with Crippen molar-refractivity contribution in [3.05, 3.63) is 59.7 Å². The first-order valence-electron chi connectivity index (χ1n) is 14.9. The molecule has 11 heteroatoms. The van der Waals surface area contributed by atoms with Crippen molar-refractivity contribution in [2.75, 3.05) is 32.8 Å². The molecular weight excluding hydrogens is 566 g/mol. The van der Waals surface area contributed by atoms with Gasteiger partial charge < -0.3 is 34.4 Å². The highest BCUT2D eigenvalue weighted by atomic mass is 16.6. The number of carboxylic acid groups (broad SMARTS) is 1. The van der Waals surface area contributed by atoms with E-state index in [-0.39, 0.29) is 38.7 Å². The zero-order valence-electron chi connectivity index (χ0n) is 26.1. The fourth-order valence-corrected chi connectivity index (χ4v) is 6.60. The number of fused-ring (bicyclic) bond motifs is 5. The Kier molecular flexibility index (Phi) is 8.02. The minimum Gasteiger partial charge on any atom is -0.479 e. The van der Waals surface area contributed by atoms with Crippen molar-refractivity contribution in [2.24, 2.45) is 11.8 Å². The number of piperidine rings is 2. The Labute approximate surface area is 257 Å². The van der Waals surface area contributed by atoms with E-state index < -0.39 is 52.8 Å². The molecule has 1 aliphatic carbocycles. The number of amides is 3. The molecule has 2 fully saturated rings. The number of hydrogen-bond donors (Lipinski definition) is 2. The summed E-state index contributed by atoms with van der Waals surface area (Å²) in [4.78, 5) is 55.5. The fraction of sp³-hybridized carbons (Fsp3) is 0.515. The van der Waals surface area contributed by atoms with Crippen LogP contribution in [0.15, 0.2) is 48.5 Å². The average Bonchev–Trinajstić information content (AvgIpc) is 3.23. The lowest BCUT2D eigenvalue weighted by Gasteiger charge is -2.55. The summed E-state index contributed by atoms with van der Waals surface area (Å²) in [6.45, 7) is 10.3. The van der Waals surface area contributed by atoms with E-state index >= 15 is 0 Å². The Bertz CT molecular complexity index is 1360. The second-order valence-electron chi connectivity index (χ2n) is 13.8. The van der Waals surface area contributed by atoms with E-state index in [4.69, 9.17) is 14.2 Å². The van der Waals surface area contributed by atoms with Crippen molar-refractivity contribution in [3.63, 3.8) is 0 Å². The second kappa shape index (κ2) is 11.3. The van der Waals surface area contributed by atoms with Gasteiger partial charge in [0.2, 0.25) is 0 Å². The first-order valence-corrected chi connectivity index (χ1v) is 14.9. The molecule has 2 saturated heterocycles. The monoisotopic (exact) mass is 607 g/mol. The van der Waals surface area contributed by atoms with Gasteiger partial charge in [-0.25, -0.2) is 19.2 Å². The molecule has 2 N–H and O–H groups in total. The summed E-state index contributed by atoms with van der Waals surface area (Å²) in [6, 6.07) is 15.9. The highest BCUT2D eigenvalue weighted by Crippen LogP contribution is 2.45. The molecule has 11 nitrogen and oxygen atoms in total. The highest BCUT2D eigenvalue weighted by Gasteiger charge is 2.61. The Balaban J connectivity index is 1.38. The molecule has 2 aliphatic heterocycles. The lowest BCUT2D eigenvalue weighted by Crippen LogP contribution is -2.77. The largest absolute Gasteiger partial charge is 0.479 e. The summed E-state index contributed by atoms with van der Waals surface area (Å²) >= 11 is 0. The minimum atomic E-state index is -1.79. The van der Waals surface area contributed by atoms with Crippen LogP contribution in [0.4, 0.5) is 14.4 Å². The smallest absolute Gasteiger partial charge is 0.410 e. The van der Waals surface area contributed by atoms with Crippen LogP contribution in [0.3, 0.4) is 0 Å². The average molecular weight is 608 g/mol. The molecule has 0 atom stereocenters. The number of likely N-dealkylation sites (tertiary alicyclic amines) is 2. The number of ether oxygens (including phenoxy) is 3. The molecule has 2 aromatic carbocycles. The third-order valence-corrected chi connectivity index (χ3v) is 8.36. The molecule has 0 aromatic heterocycles. The maximum atomic E-state index is 13.4. The molecule has 0 radical (unpaired) electrons. The Morgan fingerprint density at radius 2 is 1.18 bits per heavy atom. The molecular formula is C33H41N3O8. The van der Waals surface area contributed by atoms with E-state index in [2.05, 4.69) is 5.32 Å². The van der Waals surface area contributed by atoms with Gasteiger partial charge in [0.05, 0.1) is 0 Å². The molecule has 0 saturated carbocycles. The molecule has 0 unspecified atom stereocenters. The highest BCUT2D eigenvalue weighted by molar-refractivity contribution is 5.87. The van der Waals surface area contributed by atoms with E-state index in [1.807, 2.05) is 48.5 Å². The van der Waals surface area contributed by atoms with Gasteiger partial charge in [-0.05, 0) is 63.8 Å². The number of carbonyl (C=O) groups excluding carboxylic acids is 3. The van der Waals surface area contributed by atoms with E-state index in [1.165, 1.54) is 9.80 Å². The van der Waals surface area contributed by atoms with Crippen LogP contribution >= 0.6 is 0 Å². The number of carboxylic acids is 1. The van der Waals surface area contributed by atoms with E-state index in [1.54, 1.807) is 41.5 Å². The molecule has 2 heterocycles. The van der Waals surface area contributed by atoms with Gasteiger partial charge >= 0.3 is 24.2 Å². The lowest BCUT2D eigenvalue weighted by molar-refractivity contribution is -0.160. The van der Waals surface area contributed by atoms with Crippen LogP contribution in [0, 0.1) is 11.8 Å². The van der Waals surface area contributed by atoms with Crippen molar-refractivity contribution >= 4 is 24.2 Å². The number of rotatable bonds is 4. The first kappa shape index (κ1) is 31.2. The van der Waals surface area contributed by atoms with Gasteiger partial charge in [0.15, 0.2) is 5.54 Å². The van der Waals surface area contributed by atoms with Crippen LogP contribution in [0.25, 0.3) is 11.1 Å². The normalized spacial score (nSPS) is 22.9. The number of alkyl carbamates (subject to hydrolysis) is 1. The summed E-state index contributed by atoms with van der Waals surface area (Å²) in [5.41, 5.74) is 0.913. The third-order valence-electron chi connectivity index (χ3n) is 8.36. The second-order valence-corrected chi connectivity index (χ2v) is 13.8. The maximum Gasteiger partial charge on any atom is 0.410 e. The van der Waals surface area contributed by atoms with Crippen LogP contribution < -0.4 is 5.32 Å². The predicted octanol–water partition coefficient (Wildman–Crippen LogP) is 5.08. The Morgan fingerprint density at radius 3 is 1.57 bits per heavy atom. The van der Waals surface area contributed by atoms with Crippen LogP contribution in [-0.4, -0.2) is 88.7 Å². The van der Waals surface area contributed by atoms with Crippen molar-refractivity contribution in [3.8, 4) is 11.1 Å². The van der Waals surface area contributed by atoms with Gasteiger partial charge in [-0.3, -0.25) is 0 Å². The summed E-state index contributed by atoms with van der Waals surface area (Å²) in [6.07, 6.45) is -2.04. The Hall–Kier alpha value is -4.28. The van der Waals surface area contributed by atoms with Crippen molar-refractivity contribution in [1.82, 2.24) is 15.1 Å². The number of benzene rings is 2. The van der Waals surface area contributed by atoms with Crippen molar-refractivity contribution in [1.29, 1.82) is 0 Å². The summed E-state index contributed by atoms with van der Waals surface area (Å²) in [5, 5.41) is 13.4. The summed E-state index contributed by atoms with van der Waals surface area (Å²) < 4.78 is 16.9. The van der Waals surface area contributed by atoms with Gasteiger partial charge in [-0.1, -0.05) is 48.5 Å². The topological polar surface area (TPSA) is 135 Å².